The van der Waals surface area contributed by atoms with Gasteiger partial charge in [-0.1, -0.05) is 6.58 Å². The van der Waals surface area contributed by atoms with Crippen LogP contribution in [0, 0.1) is 0 Å². The molecule has 82 valence electrons. The number of rotatable bonds is 7. The Morgan fingerprint density at radius 3 is 2.57 bits per heavy atom. The Kier molecular flexibility index (Phi) is 6.16. The molecule has 0 spiro atoms. The van der Waals surface area contributed by atoms with Crippen LogP contribution >= 0.6 is 0 Å². The topological polar surface area (TPSA) is 44.8 Å². The number of hydrogen-bond donors (Lipinski definition) is 0. The van der Waals surface area contributed by atoms with E-state index >= 15 is 0 Å². The lowest BCUT2D eigenvalue weighted by Gasteiger charge is -2.24. The first-order valence-electron chi connectivity index (χ1n) is 4.59. The maximum Gasteiger partial charge on any atom is 0.332 e. The van der Waals surface area contributed by atoms with Crippen LogP contribution in [0.5, 0.6) is 0 Å². The van der Waals surface area contributed by atoms with Crippen molar-refractivity contribution in [1.82, 2.24) is 0 Å². The summed E-state index contributed by atoms with van der Waals surface area (Å²) in [5.74, 6) is -1.42. The predicted octanol–water partition coefficient (Wildman–Crippen LogP) is 1.50. The third-order valence-corrected chi connectivity index (χ3v) is 1.39. The van der Waals surface area contributed by atoms with Crippen molar-refractivity contribution in [2.75, 3.05) is 19.8 Å². The molecule has 0 radical (unpaired) electrons. The van der Waals surface area contributed by atoms with E-state index in [0.29, 0.717) is 19.8 Å². The van der Waals surface area contributed by atoms with E-state index in [4.69, 9.17) is 14.2 Å². The van der Waals surface area contributed by atoms with E-state index < -0.39 is 11.8 Å². The molecule has 0 saturated carbocycles. The van der Waals surface area contributed by atoms with Gasteiger partial charge in [-0.3, -0.25) is 0 Å². The minimum atomic E-state index is -0.928. The van der Waals surface area contributed by atoms with E-state index in [1.54, 1.807) is 13.8 Å². The summed E-state index contributed by atoms with van der Waals surface area (Å²) in [4.78, 5) is 10.9. The summed E-state index contributed by atoms with van der Waals surface area (Å²) in [6, 6.07) is 0. The van der Waals surface area contributed by atoms with Crippen LogP contribution in [0.1, 0.15) is 20.8 Å². The van der Waals surface area contributed by atoms with Gasteiger partial charge in [0.2, 0.25) is 5.79 Å². The Bertz CT molecular complexity index is 187. The normalized spacial score (nSPS) is 11.1. The maximum absolute atomic E-state index is 10.9. The Hall–Kier alpha value is -0.870. The average Bonchev–Trinajstić information content (AvgIpc) is 2.12. The number of hydrogen-bond acceptors (Lipinski definition) is 4. The second kappa shape index (κ2) is 6.56. The maximum atomic E-state index is 10.9. The van der Waals surface area contributed by atoms with E-state index in [9.17, 15) is 4.79 Å². The van der Waals surface area contributed by atoms with Crippen LogP contribution in [-0.2, 0) is 19.0 Å². The summed E-state index contributed by atoms with van der Waals surface area (Å²) in [7, 11) is 0. The zero-order valence-electron chi connectivity index (χ0n) is 9.04. The molecule has 0 unspecified atom stereocenters. The van der Waals surface area contributed by atoms with Crippen molar-refractivity contribution in [3.05, 3.63) is 12.7 Å². The van der Waals surface area contributed by atoms with Gasteiger partial charge in [0.25, 0.3) is 0 Å². The predicted molar refractivity (Wildman–Crippen MR) is 52.8 cm³/mol. The summed E-state index contributed by atoms with van der Waals surface area (Å²) >= 11 is 0. The van der Waals surface area contributed by atoms with Crippen molar-refractivity contribution in [3.8, 4) is 0 Å². The quantitative estimate of drug-likeness (QED) is 0.271. The van der Waals surface area contributed by atoms with Crippen molar-refractivity contribution < 1.29 is 19.0 Å². The molecule has 4 nitrogen and oxygen atoms in total. The van der Waals surface area contributed by atoms with Crippen LogP contribution in [0.25, 0.3) is 0 Å². The lowest BCUT2D eigenvalue weighted by atomic mass is 10.4. The molecule has 0 bridgehead atoms. The van der Waals surface area contributed by atoms with Crippen molar-refractivity contribution in [2.24, 2.45) is 0 Å². The van der Waals surface area contributed by atoms with E-state index in [1.807, 2.05) is 6.92 Å². The van der Waals surface area contributed by atoms with Gasteiger partial charge in [0.05, 0.1) is 13.2 Å². The summed E-state index contributed by atoms with van der Waals surface area (Å²) < 4.78 is 15.3. The minimum Gasteiger partial charge on any atom is -0.431 e. The van der Waals surface area contributed by atoms with Gasteiger partial charge in [0.15, 0.2) is 0 Å². The highest BCUT2D eigenvalue weighted by atomic mass is 16.7. The highest BCUT2D eigenvalue weighted by molar-refractivity contribution is 5.81. The van der Waals surface area contributed by atoms with Gasteiger partial charge in [-0.2, -0.15) is 0 Å². The first-order valence-corrected chi connectivity index (χ1v) is 4.59. The lowest BCUT2D eigenvalue weighted by Crippen LogP contribution is -2.32. The van der Waals surface area contributed by atoms with Crippen LogP contribution in [-0.4, -0.2) is 31.6 Å². The lowest BCUT2D eigenvalue weighted by molar-refractivity contribution is -0.214. The first kappa shape index (κ1) is 13.1. The molecule has 0 aliphatic rings. The van der Waals surface area contributed by atoms with Crippen LogP contribution in [0.4, 0.5) is 0 Å². The molecular weight excluding hydrogens is 184 g/mol. The van der Waals surface area contributed by atoms with Crippen molar-refractivity contribution in [3.63, 3.8) is 0 Å². The van der Waals surface area contributed by atoms with E-state index in [0.717, 1.165) is 6.08 Å². The third kappa shape index (κ3) is 6.62. The molecule has 0 aromatic rings. The molecule has 0 aromatic carbocycles. The molecule has 0 atom stereocenters. The molecule has 0 aliphatic heterocycles. The van der Waals surface area contributed by atoms with E-state index in [2.05, 4.69) is 6.58 Å². The van der Waals surface area contributed by atoms with Crippen LogP contribution < -0.4 is 0 Å². The molecule has 0 amide bonds. The molecule has 0 aliphatic carbocycles. The molecule has 0 saturated heterocycles. The highest BCUT2D eigenvalue weighted by Crippen LogP contribution is 2.11. The third-order valence-electron chi connectivity index (χ3n) is 1.39. The zero-order valence-corrected chi connectivity index (χ0v) is 9.04. The van der Waals surface area contributed by atoms with Gasteiger partial charge in [0.1, 0.15) is 0 Å². The molecule has 14 heavy (non-hydrogen) atoms. The monoisotopic (exact) mass is 202 g/mol. The standard InChI is InChI=1S/C10H18O4/c1-5-9(11)14-10(3,4)13-8-7-12-6-2/h5H,1,6-8H2,2-4H3. The van der Waals surface area contributed by atoms with E-state index in [-0.39, 0.29) is 0 Å². The van der Waals surface area contributed by atoms with Crippen LogP contribution in [0.15, 0.2) is 12.7 Å². The number of carbonyl (C=O) groups is 1. The van der Waals surface area contributed by atoms with Gasteiger partial charge >= 0.3 is 5.97 Å². The largest absolute Gasteiger partial charge is 0.431 e. The first-order chi connectivity index (χ1) is 6.52. The van der Waals surface area contributed by atoms with Gasteiger partial charge < -0.3 is 14.2 Å². The van der Waals surface area contributed by atoms with Gasteiger partial charge in [0, 0.05) is 26.5 Å². The fourth-order valence-electron chi connectivity index (χ4n) is 0.804. The molecule has 0 rings (SSSR count). The summed E-state index contributed by atoms with van der Waals surface area (Å²) in [5.41, 5.74) is 0. The second-order valence-electron chi connectivity index (χ2n) is 3.07. The van der Waals surface area contributed by atoms with Gasteiger partial charge in [-0.25, -0.2) is 4.79 Å². The SMILES string of the molecule is C=CC(=O)OC(C)(C)OCCOCC. The van der Waals surface area contributed by atoms with Crippen molar-refractivity contribution in [2.45, 2.75) is 26.6 Å². The fourth-order valence-corrected chi connectivity index (χ4v) is 0.804. The average molecular weight is 202 g/mol. The molecule has 0 heterocycles. The second-order valence-corrected chi connectivity index (χ2v) is 3.07. The Balaban J connectivity index is 3.71. The minimum absolute atomic E-state index is 0.394. The summed E-state index contributed by atoms with van der Waals surface area (Å²) in [5, 5.41) is 0. The summed E-state index contributed by atoms with van der Waals surface area (Å²) in [6.07, 6.45) is 1.10. The molecule has 0 N–H and O–H groups in total. The van der Waals surface area contributed by atoms with Crippen LogP contribution in [0.3, 0.4) is 0 Å². The molecule has 0 fully saturated rings. The van der Waals surface area contributed by atoms with Gasteiger partial charge in [-0.15, -0.1) is 0 Å². The van der Waals surface area contributed by atoms with E-state index in [1.165, 1.54) is 0 Å². The Morgan fingerprint density at radius 1 is 1.43 bits per heavy atom. The van der Waals surface area contributed by atoms with Crippen LogP contribution in [0.2, 0.25) is 0 Å². The smallest absolute Gasteiger partial charge is 0.332 e. The summed E-state index contributed by atoms with van der Waals surface area (Å²) in [6.45, 7) is 10.1. The molecule has 4 heteroatoms. The molecular formula is C10H18O4. The number of ether oxygens (including phenoxy) is 3. The van der Waals surface area contributed by atoms with Gasteiger partial charge in [-0.05, 0) is 6.92 Å². The molecule has 0 aromatic heterocycles. The Labute approximate surface area is 84.8 Å². The van der Waals surface area contributed by atoms with Crippen molar-refractivity contribution >= 4 is 5.97 Å². The number of esters is 1. The Morgan fingerprint density at radius 2 is 2.07 bits per heavy atom. The highest BCUT2D eigenvalue weighted by Gasteiger charge is 2.21. The van der Waals surface area contributed by atoms with Crippen molar-refractivity contribution in [1.29, 1.82) is 0 Å². The fraction of sp³-hybridized carbons (Fsp3) is 0.700. The number of carbonyl (C=O) groups excluding carboxylic acids is 1. The zero-order chi connectivity index (χ0) is 11.0.